The maximum Gasteiger partial charge on any atom is 0.273 e. The molecule has 7 nitrogen and oxygen atoms in total. The number of methoxy groups -OCH3 is 1. The molecule has 3 rings (SSSR count). The predicted octanol–water partition coefficient (Wildman–Crippen LogP) is 1.82. The van der Waals surface area contributed by atoms with Crippen LogP contribution in [0.15, 0.2) is 35.4 Å². The average Bonchev–Trinajstić information content (AvgIpc) is 3.21. The summed E-state index contributed by atoms with van der Waals surface area (Å²) in [5, 5.41) is 1.76. The van der Waals surface area contributed by atoms with E-state index in [0.717, 1.165) is 18.4 Å². The SMILES string of the molecule is COCC(=O)N(Cc1cccnc1)C1CCCN(C(=O)c2cscn2)C1. The number of carbonyl (C=O) groups is 2. The fourth-order valence-corrected chi connectivity index (χ4v) is 3.72. The Bertz CT molecular complexity index is 723. The molecule has 0 aromatic carbocycles. The monoisotopic (exact) mass is 374 g/mol. The minimum atomic E-state index is -0.0793. The summed E-state index contributed by atoms with van der Waals surface area (Å²) in [5.41, 5.74) is 3.09. The van der Waals surface area contributed by atoms with E-state index in [4.69, 9.17) is 4.74 Å². The largest absolute Gasteiger partial charge is 0.375 e. The first-order chi connectivity index (χ1) is 12.7. The number of ether oxygens (including phenoxy) is 1. The van der Waals surface area contributed by atoms with Crippen molar-refractivity contribution >= 4 is 23.2 Å². The lowest BCUT2D eigenvalue weighted by Gasteiger charge is -2.39. The van der Waals surface area contributed by atoms with E-state index in [2.05, 4.69) is 9.97 Å². The van der Waals surface area contributed by atoms with Gasteiger partial charge in [0.15, 0.2) is 0 Å². The van der Waals surface area contributed by atoms with Crippen molar-refractivity contribution in [2.24, 2.45) is 0 Å². The van der Waals surface area contributed by atoms with Gasteiger partial charge in [-0.1, -0.05) is 6.07 Å². The first-order valence-electron chi connectivity index (χ1n) is 8.54. The lowest BCUT2D eigenvalue weighted by atomic mass is 10.0. The van der Waals surface area contributed by atoms with E-state index in [1.54, 1.807) is 33.1 Å². The van der Waals surface area contributed by atoms with Crippen LogP contribution >= 0.6 is 11.3 Å². The Morgan fingerprint density at radius 2 is 2.35 bits per heavy atom. The molecule has 1 unspecified atom stereocenters. The molecular weight excluding hydrogens is 352 g/mol. The molecule has 1 aliphatic rings. The van der Waals surface area contributed by atoms with Crippen molar-refractivity contribution in [2.45, 2.75) is 25.4 Å². The van der Waals surface area contributed by atoms with Crippen molar-refractivity contribution in [1.82, 2.24) is 19.8 Å². The summed E-state index contributed by atoms with van der Waals surface area (Å²) < 4.78 is 5.05. The lowest BCUT2D eigenvalue weighted by molar-refractivity contribution is -0.139. The zero-order valence-corrected chi connectivity index (χ0v) is 15.5. The highest BCUT2D eigenvalue weighted by molar-refractivity contribution is 7.07. The Kier molecular flexibility index (Phi) is 6.30. The number of amides is 2. The van der Waals surface area contributed by atoms with E-state index in [1.165, 1.54) is 18.4 Å². The van der Waals surface area contributed by atoms with Crippen molar-refractivity contribution in [3.8, 4) is 0 Å². The minimum Gasteiger partial charge on any atom is -0.375 e. The van der Waals surface area contributed by atoms with Crippen LogP contribution in [-0.2, 0) is 16.1 Å². The van der Waals surface area contributed by atoms with Crippen LogP contribution in [0.25, 0.3) is 0 Å². The van der Waals surface area contributed by atoms with E-state index in [9.17, 15) is 9.59 Å². The highest BCUT2D eigenvalue weighted by atomic mass is 32.1. The molecule has 1 fully saturated rings. The fourth-order valence-electron chi connectivity index (χ4n) is 3.19. The van der Waals surface area contributed by atoms with Gasteiger partial charge in [-0.15, -0.1) is 11.3 Å². The normalized spacial score (nSPS) is 17.1. The van der Waals surface area contributed by atoms with E-state index in [0.29, 0.717) is 25.3 Å². The first-order valence-corrected chi connectivity index (χ1v) is 9.48. The van der Waals surface area contributed by atoms with Crippen LogP contribution in [0.3, 0.4) is 0 Å². The summed E-state index contributed by atoms with van der Waals surface area (Å²) in [6, 6.07) is 3.75. The maximum absolute atomic E-state index is 12.6. The van der Waals surface area contributed by atoms with Gasteiger partial charge in [0, 0.05) is 50.6 Å². The summed E-state index contributed by atoms with van der Waals surface area (Å²) in [5.74, 6) is -0.152. The van der Waals surface area contributed by atoms with Crippen molar-refractivity contribution < 1.29 is 14.3 Å². The third-order valence-corrected chi connectivity index (χ3v) is 5.03. The average molecular weight is 374 g/mol. The van der Waals surface area contributed by atoms with Crippen LogP contribution in [0.1, 0.15) is 28.9 Å². The van der Waals surface area contributed by atoms with Gasteiger partial charge in [-0.2, -0.15) is 0 Å². The molecule has 138 valence electrons. The van der Waals surface area contributed by atoms with Gasteiger partial charge in [-0.25, -0.2) is 4.98 Å². The molecule has 0 aliphatic carbocycles. The third kappa shape index (κ3) is 4.44. The molecule has 0 N–H and O–H groups in total. The molecule has 0 radical (unpaired) electrons. The van der Waals surface area contributed by atoms with Gasteiger partial charge in [0.05, 0.1) is 5.51 Å². The molecule has 0 saturated carbocycles. The predicted molar refractivity (Wildman–Crippen MR) is 97.7 cm³/mol. The topological polar surface area (TPSA) is 75.6 Å². The van der Waals surface area contributed by atoms with Crippen molar-refractivity contribution in [3.05, 3.63) is 46.7 Å². The maximum atomic E-state index is 12.6. The number of rotatable bonds is 6. The Hall–Kier alpha value is -2.32. The smallest absolute Gasteiger partial charge is 0.273 e. The highest BCUT2D eigenvalue weighted by Crippen LogP contribution is 2.20. The van der Waals surface area contributed by atoms with Gasteiger partial charge >= 0.3 is 0 Å². The standard InChI is InChI=1S/C18H22N4O3S/c1-25-11-17(23)22(9-14-4-2-6-19-8-14)15-5-3-7-21(10-15)18(24)16-12-26-13-20-16/h2,4,6,8,12-13,15H,3,5,7,9-11H2,1H3. The molecule has 26 heavy (non-hydrogen) atoms. The molecule has 2 amide bonds. The number of likely N-dealkylation sites (tertiary alicyclic amines) is 1. The van der Waals surface area contributed by atoms with Gasteiger partial charge in [0.25, 0.3) is 5.91 Å². The third-order valence-electron chi connectivity index (χ3n) is 4.44. The van der Waals surface area contributed by atoms with Crippen LogP contribution in [0, 0.1) is 0 Å². The molecule has 3 heterocycles. The van der Waals surface area contributed by atoms with E-state index in [-0.39, 0.29) is 24.5 Å². The Balaban J connectivity index is 1.74. The second kappa shape index (κ2) is 8.86. The minimum absolute atomic E-state index is 0.0246. The van der Waals surface area contributed by atoms with E-state index in [1.807, 2.05) is 12.1 Å². The molecule has 8 heteroatoms. The van der Waals surface area contributed by atoms with Crippen LogP contribution in [0.5, 0.6) is 0 Å². The number of aromatic nitrogens is 2. The summed E-state index contributed by atoms with van der Waals surface area (Å²) in [7, 11) is 1.51. The van der Waals surface area contributed by atoms with Crippen molar-refractivity contribution in [3.63, 3.8) is 0 Å². The van der Waals surface area contributed by atoms with Gasteiger partial charge < -0.3 is 14.5 Å². The Morgan fingerprint density at radius 1 is 1.46 bits per heavy atom. The van der Waals surface area contributed by atoms with E-state index < -0.39 is 0 Å². The highest BCUT2D eigenvalue weighted by Gasteiger charge is 2.31. The molecule has 2 aromatic rings. The number of hydrogen-bond acceptors (Lipinski definition) is 6. The van der Waals surface area contributed by atoms with Gasteiger partial charge in [-0.3, -0.25) is 14.6 Å². The van der Waals surface area contributed by atoms with Gasteiger partial charge in [0.1, 0.15) is 12.3 Å². The zero-order chi connectivity index (χ0) is 18.4. The van der Waals surface area contributed by atoms with Crippen LogP contribution in [0.4, 0.5) is 0 Å². The molecular formula is C18H22N4O3S. The summed E-state index contributed by atoms with van der Waals surface area (Å²) in [6.07, 6.45) is 5.18. The van der Waals surface area contributed by atoms with Crippen molar-refractivity contribution in [1.29, 1.82) is 0 Å². The van der Waals surface area contributed by atoms with Crippen LogP contribution in [0.2, 0.25) is 0 Å². The molecule has 0 spiro atoms. The fraction of sp³-hybridized carbons (Fsp3) is 0.444. The molecule has 0 bridgehead atoms. The van der Waals surface area contributed by atoms with E-state index >= 15 is 0 Å². The molecule has 1 saturated heterocycles. The number of nitrogens with zero attached hydrogens (tertiary/aromatic N) is 4. The number of piperidine rings is 1. The number of carbonyl (C=O) groups excluding carboxylic acids is 2. The summed E-state index contributed by atoms with van der Waals surface area (Å²) in [4.78, 5) is 37.1. The van der Waals surface area contributed by atoms with Crippen LogP contribution in [-0.4, -0.2) is 64.4 Å². The molecule has 1 aliphatic heterocycles. The number of pyridine rings is 1. The number of hydrogen-bond donors (Lipinski definition) is 0. The second-order valence-electron chi connectivity index (χ2n) is 6.24. The first kappa shape index (κ1) is 18.5. The quantitative estimate of drug-likeness (QED) is 0.771. The zero-order valence-electron chi connectivity index (χ0n) is 14.7. The summed E-state index contributed by atoms with van der Waals surface area (Å²) in [6.45, 7) is 1.67. The van der Waals surface area contributed by atoms with Crippen molar-refractivity contribution in [2.75, 3.05) is 26.8 Å². The molecule has 1 atom stereocenters. The lowest BCUT2D eigenvalue weighted by Crippen LogP contribution is -2.52. The van der Waals surface area contributed by atoms with Gasteiger partial charge in [-0.05, 0) is 24.5 Å². The second-order valence-corrected chi connectivity index (χ2v) is 6.96. The van der Waals surface area contributed by atoms with Crippen LogP contribution < -0.4 is 0 Å². The Labute approximate surface area is 156 Å². The summed E-state index contributed by atoms with van der Waals surface area (Å²) >= 11 is 1.41. The van der Waals surface area contributed by atoms with Gasteiger partial charge in [0.2, 0.25) is 5.91 Å². The molecule has 2 aromatic heterocycles. The Morgan fingerprint density at radius 3 is 3.04 bits per heavy atom. The number of thiazole rings is 1.